The van der Waals surface area contributed by atoms with Crippen LogP contribution in [0.3, 0.4) is 0 Å². The lowest BCUT2D eigenvalue weighted by atomic mass is 9.97. The molecule has 132 valence electrons. The summed E-state index contributed by atoms with van der Waals surface area (Å²) in [4.78, 5) is 25.4. The summed E-state index contributed by atoms with van der Waals surface area (Å²) < 4.78 is 0. The molecular weight excluding hydrogens is 359 g/mol. The van der Waals surface area contributed by atoms with E-state index in [0.717, 1.165) is 25.9 Å². The standard InChI is InChI=1S/C19H19ClN2O2.ClH/c20-14-9-7-13(8-10-14)18(23)16-5-1-2-6-17(16)19(24)22-15-4-3-11-21-12-15;/h1-2,5-10,15,21H,3-4,11-12H2,(H,22,24);1H/t15-;/m0./s1. The molecule has 0 aliphatic carbocycles. The summed E-state index contributed by atoms with van der Waals surface area (Å²) in [5, 5.41) is 6.85. The van der Waals surface area contributed by atoms with Crippen molar-refractivity contribution in [2.75, 3.05) is 13.1 Å². The van der Waals surface area contributed by atoms with Crippen LogP contribution in [0.5, 0.6) is 0 Å². The van der Waals surface area contributed by atoms with Crippen molar-refractivity contribution in [2.24, 2.45) is 0 Å². The summed E-state index contributed by atoms with van der Waals surface area (Å²) in [5.74, 6) is -0.388. The number of ketones is 1. The highest BCUT2D eigenvalue weighted by Gasteiger charge is 2.21. The molecule has 3 rings (SSSR count). The molecule has 1 aliphatic rings. The molecule has 1 aliphatic heterocycles. The maximum Gasteiger partial charge on any atom is 0.252 e. The minimum atomic E-state index is -0.207. The normalized spacial score (nSPS) is 16.6. The monoisotopic (exact) mass is 378 g/mol. The van der Waals surface area contributed by atoms with Gasteiger partial charge in [0.05, 0.1) is 5.56 Å². The second kappa shape index (κ2) is 8.99. The Labute approximate surface area is 158 Å². The number of hydrogen-bond acceptors (Lipinski definition) is 3. The van der Waals surface area contributed by atoms with Crippen molar-refractivity contribution in [3.05, 3.63) is 70.2 Å². The van der Waals surface area contributed by atoms with Gasteiger partial charge in [-0.15, -0.1) is 12.4 Å². The first-order valence-corrected chi connectivity index (χ1v) is 8.44. The Morgan fingerprint density at radius 1 is 1.04 bits per heavy atom. The fourth-order valence-electron chi connectivity index (χ4n) is 2.87. The van der Waals surface area contributed by atoms with Crippen LogP contribution in [0.15, 0.2) is 48.5 Å². The fraction of sp³-hybridized carbons (Fsp3) is 0.263. The lowest BCUT2D eigenvalue weighted by molar-refractivity contribution is 0.0921. The van der Waals surface area contributed by atoms with E-state index in [4.69, 9.17) is 11.6 Å². The second-order valence-electron chi connectivity index (χ2n) is 5.90. The van der Waals surface area contributed by atoms with E-state index in [9.17, 15) is 9.59 Å². The van der Waals surface area contributed by atoms with Crippen LogP contribution in [0.1, 0.15) is 39.1 Å². The van der Waals surface area contributed by atoms with Crippen LogP contribution in [0.25, 0.3) is 0 Å². The zero-order chi connectivity index (χ0) is 16.9. The Kier molecular flexibility index (Phi) is 7.00. The van der Waals surface area contributed by atoms with E-state index in [1.54, 1.807) is 48.5 Å². The van der Waals surface area contributed by atoms with E-state index in [1.807, 2.05) is 0 Å². The molecule has 1 amide bonds. The Bertz CT molecular complexity index is 741. The largest absolute Gasteiger partial charge is 0.348 e. The molecule has 0 aromatic heterocycles. The van der Waals surface area contributed by atoms with Gasteiger partial charge in [-0.2, -0.15) is 0 Å². The van der Waals surface area contributed by atoms with Gasteiger partial charge in [-0.1, -0.05) is 29.8 Å². The number of hydrogen-bond donors (Lipinski definition) is 2. The molecule has 4 nitrogen and oxygen atoms in total. The summed E-state index contributed by atoms with van der Waals surface area (Å²) in [6.07, 6.45) is 1.99. The third kappa shape index (κ3) is 4.82. The van der Waals surface area contributed by atoms with Crippen molar-refractivity contribution >= 4 is 35.7 Å². The van der Waals surface area contributed by atoms with Gasteiger partial charge in [0.2, 0.25) is 0 Å². The van der Waals surface area contributed by atoms with Gasteiger partial charge in [-0.05, 0) is 49.7 Å². The molecule has 25 heavy (non-hydrogen) atoms. The number of rotatable bonds is 4. The Balaban J connectivity index is 0.00000225. The molecule has 1 fully saturated rings. The number of piperidine rings is 1. The molecule has 0 spiro atoms. The summed E-state index contributed by atoms with van der Waals surface area (Å²) in [7, 11) is 0. The van der Waals surface area contributed by atoms with Gasteiger partial charge >= 0.3 is 0 Å². The van der Waals surface area contributed by atoms with Crippen LogP contribution < -0.4 is 10.6 Å². The van der Waals surface area contributed by atoms with Gasteiger partial charge in [0, 0.05) is 28.7 Å². The van der Waals surface area contributed by atoms with Crippen LogP contribution in [0.2, 0.25) is 5.02 Å². The molecule has 0 radical (unpaired) electrons. The van der Waals surface area contributed by atoms with Crippen molar-refractivity contribution in [1.29, 1.82) is 0 Å². The highest BCUT2D eigenvalue weighted by Crippen LogP contribution is 2.17. The number of nitrogens with one attached hydrogen (secondary N) is 2. The predicted octanol–water partition coefficient (Wildman–Crippen LogP) is 3.47. The zero-order valence-corrected chi connectivity index (χ0v) is 15.2. The topological polar surface area (TPSA) is 58.2 Å². The molecule has 2 aromatic carbocycles. The highest BCUT2D eigenvalue weighted by atomic mass is 35.5. The van der Waals surface area contributed by atoms with Gasteiger partial charge in [-0.25, -0.2) is 0 Å². The lowest BCUT2D eigenvalue weighted by Crippen LogP contribution is -2.45. The zero-order valence-electron chi connectivity index (χ0n) is 13.6. The molecule has 1 atom stereocenters. The van der Waals surface area contributed by atoms with Crippen molar-refractivity contribution in [3.63, 3.8) is 0 Å². The van der Waals surface area contributed by atoms with Crippen LogP contribution in [-0.4, -0.2) is 30.8 Å². The van der Waals surface area contributed by atoms with Gasteiger partial charge in [0.25, 0.3) is 5.91 Å². The first-order valence-electron chi connectivity index (χ1n) is 8.06. The first kappa shape index (κ1) is 19.4. The average Bonchev–Trinajstić information content (AvgIpc) is 2.62. The van der Waals surface area contributed by atoms with Gasteiger partial charge in [0.15, 0.2) is 5.78 Å². The smallest absolute Gasteiger partial charge is 0.252 e. The number of carbonyl (C=O) groups excluding carboxylic acids is 2. The predicted molar refractivity (Wildman–Crippen MR) is 102 cm³/mol. The highest BCUT2D eigenvalue weighted by molar-refractivity contribution is 6.30. The summed E-state index contributed by atoms with van der Waals surface area (Å²) in [6.45, 7) is 1.75. The Hall–Kier alpha value is -1.88. The minimum absolute atomic E-state index is 0. The molecule has 1 heterocycles. The van der Waals surface area contributed by atoms with Crippen molar-refractivity contribution in [1.82, 2.24) is 10.6 Å². The van der Waals surface area contributed by atoms with E-state index in [-0.39, 0.29) is 30.1 Å². The van der Waals surface area contributed by atoms with Crippen LogP contribution in [-0.2, 0) is 0 Å². The molecule has 1 saturated heterocycles. The van der Waals surface area contributed by atoms with Crippen LogP contribution in [0, 0.1) is 0 Å². The summed E-state index contributed by atoms with van der Waals surface area (Å²) >= 11 is 5.87. The van der Waals surface area contributed by atoms with Crippen molar-refractivity contribution in [2.45, 2.75) is 18.9 Å². The molecule has 0 saturated carbocycles. The number of benzene rings is 2. The second-order valence-corrected chi connectivity index (χ2v) is 6.33. The third-order valence-corrected chi connectivity index (χ3v) is 4.41. The van der Waals surface area contributed by atoms with E-state index in [2.05, 4.69) is 10.6 Å². The molecule has 0 unspecified atom stereocenters. The Morgan fingerprint density at radius 3 is 2.36 bits per heavy atom. The maximum absolute atomic E-state index is 12.7. The Morgan fingerprint density at radius 2 is 1.72 bits per heavy atom. The number of amides is 1. The van der Waals surface area contributed by atoms with Crippen LogP contribution in [0.4, 0.5) is 0 Å². The SMILES string of the molecule is Cl.O=C(N[C@H]1CCCNC1)c1ccccc1C(=O)c1ccc(Cl)cc1. The van der Waals surface area contributed by atoms with E-state index >= 15 is 0 Å². The molecular formula is C19H20Cl2N2O2. The summed E-state index contributed by atoms with van der Waals surface area (Å²) in [5.41, 5.74) is 1.32. The van der Waals surface area contributed by atoms with E-state index in [0.29, 0.717) is 21.7 Å². The maximum atomic E-state index is 12.7. The molecule has 0 bridgehead atoms. The average molecular weight is 379 g/mol. The van der Waals surface area contributed by atoms with Crippen molar-refractivity contribution in [3.8, 4) is 0 Å². The van der Waals surface area contributed by atoms with Gasteiger partial charge in [0.1, 0.15) is 0 Å². The van der Waals surface area contributed by atoms with Gasteiger partial charge < -0.3 is 10.6 Å². The van der Waals surface area contributed by atoms with Crippen molar-refractivity contribution < 1.29 is 9.59 Å². The number of halogens is 2. The number of carbonyl (C=O) groups is 2. The van der Waals surface area contributed by atoms with Crippen LogP contribution >= 0.6 is 24.0 Å². The molecule has 2 aromatic rings. The molecule has 2 N–H and O–H groups in total. The quantitative estimate of drug-likeness (QED) is 0.800. The molecule has 6 heteroatoms. The lowest BCUT2D eigenvalue weighted by Gasteiger charge is -2.24. The minimum Gasteiger partial charge on any atom is -0.348 e. The first-order chi connectivity index (χ1) is 11.6. The third-order valence-electron chi connectivity index (χ3n) is 4.15. The fourth-order valence-corrected chi connectivity index (χ4v) is 3.00. The van der Waals surface area contributed by atoms with E-state index in [1.165, 1.54) is 0 Å². The van der Waals surface area contributed by atoms with Gasteiger partial charge in [-0.3, -0.25) is 9.59 Å². The van der Waals surface area contributed by atoms with E-state index < -0.39 is 0 Å². The summed E-state index contributed by atoms with van der Waals surface area (Å²) in [6, 6.07) is 13.7.